The van der Waals surface area contributed by atoms with E-state index in [2.05, 4.69) is 21.3 Å². The van der Waals surface area contributed by atoms with Gasteiger partial charge in [-0.25, -0.2) is 9.59 Å². The van der Waals surface area contributed by atoms with Gasteiger partial charge in [0.2, 0.25) is 11.9 Å². The van der Waals surface area contributed by atoms with E-state index in [4.69, 9.17) is 25.0 Å². The van der Waals surface area contributed by atoms with Crippen LogP contribution in [0.1, 0.15) is 67.8 Å². The lowest BCUT2D eigenvalue weighted by molar-refractivity contribution is 0.0548. The van der Waals surface area contributed by atoms with Gasteiger partial charge in [0.05, 0.1) is 0 Å². The van der Waals surface area contributed by atoms with Crippen LogP contribution in [-0.2, 0) is 16.1 Å². The molecule has 4 amide bonds. The second kappa shape index (κ2) is 14.8. The number of benzene rings is 3. The molecule has 46 heavy (non-hydrogen) atoms. The van der Waals surface area contributed by atoms with Crippen LogP contribution in [0.4, 0.5) is 9.59 Å². The summed E-state index contributed by atoms with van der Waals surface area (Å²) in [5, 5.41) is 24.6. The summed E-state index contributed by atoms with van der Waals surface area (Å²) in [5.74, 6) is -1.60. The van der Waals surface area contributed by atoms with E-state index in [0.29, 0.717) is 5.75 Å². The summed E-state index contributed by atoms with van der Waals surface area (Å²) in [7, 11) is 0. The molecule has 0 radical (unpaired) electrons. The third kappa shape index (κ3) is 11.8. The number of guanidine groups is 2. The van der Waals surface area contributed by atoms with E-state index in [1.165, 1.54) is 0 Å². The Morgan fingerprint density at radius 1 is 0.609 bits per heavy atom. The molecule has 3 rings (SSSR count). The van der Waals surface area contributed by atoms with Crippen LogP contribution in [0.15, 0.2) is 72.8 Å². The van der Waals surface area contributed by atoms with E-state index in [9.17, 15) is 19.2 Å². The molecule has 0 bridgehead atoms. The van der Waals surface area contributed by atoms with Crippen LogP contribution in [0.5, 0.6) is 5.75 Å². The zero-order valence-corrected chi connectivity index (χ0v) is 26.5. The fourth-order valence-electron chi connectivity index (χ4n) is 3.77. The Labute approximate surface area is 267 Å². The van der Waals surface area contributed by atoms with Crippen LogP contribution in [0.25, 0.3) is 11.1 Å². The second-order valence-corrected chi connectivity index (χ2v) is 12.0. The molecule has 13 heteroatoms. The van der Waals surface area contributed by atoms with Crippen molar-refractivity contribution in [3.05, 3.63) is 89.5 Å². The maximum atomic E-state index is 12.7. The van der Waals surface area contributed by atoms with Crippen LogP contribution in [0.2, 0.25) is 0 Å². The van der Waals surface area contributed by atoms with Crippen molar-refractivity contribution < 1.29 is 33.4 Å². The van der Waals surface area contributed by atoms with E-state index in [0.717, 1.165) is 16.7 Å². The Bertz CT molecular complexity index is 1620. The average molecular weight is 631 g/mol. The number of alkyl carbamates (subject to hydrolysis) is 2. The normalized spacial score (nSPS) is 11.0. The SMILES string of the molecule is CC(C)(C)OC(=O)NC(=N)NC(=O)c1ccc(COc2cccc(-c3cccc(C(=O)NC(=N)NC(=O)OC(C)(C)C)c3)c2)cc1. The number of carbonyl (C=O) groups excluding carboxylic acids is 4. The average Bonchev–Trinajstić information content (AvgIpc) is 2.94. The molecule has 0 saturated carbocycles. The van der Waals surface area contributed by atoms with Gasteiger partial charge in [0.15, 0.2) is 0 Å². The highest BCUT2D eigenvalue weighted by molar-refractivity contribution is 6.08. The van der Waals surface area contributed by atoms with Crippen LogP contribution < -0.4 is 26.0 Å². The van der Waals surface area contributed by atoms with E-state index in [-0.39, 0.29) is 17.7 Å². The van der Waals surface area contributed by atoms with Crippen LogP contribution in [0, 0.1) is 10.8 Å². The molecule has 0 atom stereocenters. The standard InChI is InChI=1S/C33H38N6O7/c1-32(2,3)45-30(42)38-28(34)36-26(40)21-15-13-20(14-16-21)19-44-25-12-8-10-23(18-25)22-9-7-11-24(17-22)27(41)37-29(35)39-31(43)46-33(4,5)6/h7-18H,19H2,1-6H3,(H3,34,36,38,40,42)(H3,35,37,39,41,43). The number of nitrogens with one attached hydrogen (secondary N) is 6. The number of rotatable bonds is 6. The smallest absolute Gasteiger partial charge is 0.414 e. The van der Waals surface area contributed by atoms with Gasteiger partial charge in [0, 0.05) is 11.1 Å². The molecular formula is C33H38N6O7. The van der Waals surface area contributed by atoms with Crippen molar-refractivity contribution in [2.45, 2.75) is 59.4 Å². The third-order valence-electron chi connectivity index (χ3n) is 5.64. The highest BCUT2D eigenvalue weighted by atomic mass is 16.6. The first-order valence-electron chi connectivity index (χ1n) is 14.2. The van der Waals surface area contributed by atoms with E-state index >= 15 is 0 Å². The molecule has 3 aromatic rings. The van der Waals surface area contributed by atoms with E-state index in [1.807, 2.05) is 24.3 Å². The molecule has 0 fully saturated rings. The maximum absolute atomic E-state index is 12.7. The predicted molar refractivity (Wildman–Crippen MR) is 172 cm³/mol. The van der Waals surface area contributed by atoms with Crippen LogP contribution >= 0.6 is 0 Å². The number of carbonyl (C=O) groups is 4. The second-order valence-electron chi connectivity index (χ2n) is 12.0. The van der Waals surface area contributed by atoms with Gasteiger partial charge in [-0.15, -0.1) is 0 Å². The van der Waals surface area contributed by atoms with E-state index in [1.54, 1.807) is 90.1 Å². The van der Waals surface area contributed by atoms with Gasteiger partial charge in [-0.05, 0) is 94.6 Å². The molecule has 6 N–H and O–H groups in total. The number of ether oxygens (including phenoxy) is 3. The van der Waals surface area contributed by atoms with Crippen molar-refractivity contribution in [3.63, 3.8) is 0 Å². The van der Waals surface area contributed by atoms with E-state index < -0.39 is 47.1 Å². The fraction of sp³-hybridized carbons (Fsp3) is 0.273. The Hall–Kier alpha value is -5.72. The summed E-state index contributed by atoms with van der Waals surface area (Å²) in [6, 6.07) is 20.6. The lowest BCUT2D eigenvalue weighted by atomic mass is 10.0. The molecule has 3 aromatic carbocycles. The third-order valence-corrected chi connectivity index (χ3v) is 5.64. The first-order valence-corrected chi connectivity index (χ1v) is 14.2. The highest BCUT2D eigenvalue weighted by Crippen LogP contribution is 2.25. The predicted octanol–water partition coefficient (Wildman–Crippen LogP) is 5.31. The van der Waals surface area contributed by atoms with Crippen LogP contribution in [0.3, 0.4) is 0 Å². The fourth-order valence-corrected chi connectivity index (χ4v) is 3.77. The summed E-state index contributed by atoms with van der Waals surface area (Å²) < 4.78 is 16.1. The zero-order chi connectivity index (χ0) is 34.1. The molecule has 0 aliphatic heterocycles. The molecule has 0 aromatic heterocycles. The lowest BCUT2D eigenvalue weighted by Crippen LogP contribution is -2.45. The van der Waals surface area contributed by atoms with Crippen LogP contribution in [-0.4, -0.2) is 47.1 Å². The molecule has 0 aliphatic rings. The van der Waals surface area contributed by atoms with Crippen molar-refractivity contribution in [2.75, 3.05) is 0 Å². The minimum atomic E-state index is -0.851. The van der Waals surface area contributed by atoms with Gasteiger partial charge in [0.25, 0.3) is 11.8 Å². The minimum absolute atomic E-state index is 0.205. The van der Waals surface area contributed by atoms with Gasteiger partial charge in [0.1, 0.15) is 23.6 Å². The highest BCUT2D eigenvalue weighted by Gasteiger charge is 2.19. The zero-order valence-electron chi connectivity index (χ0n) is 26.5. The first-order chi connectivity index (χ1) is 21.5. The van der Waals surface area contributed by atoms with Gasteiger partial charge in [-0.2, -0.15) is 0 Å². The molecular weight excluding hydrogens is 592 g/mol. The molecule has 0 saturated heterocycles. The number of amides is 4. The Morgan fingerprint density at radius 2 is 1.09 bits per heavy atom. The quantitative estimate of drug-likeness (QED) is 0.157. The van der Waals surface area contributed by atoms with Crippen molar-refractivity contribution in [3.8, 4) is 16.9 Å². The van der Waals surface area contributed by atoms with Gasteiger partial charge in [-0.1, -0.05) is 36.4 Å². The topological polar surface area (TPSA) is 192 Å². The molecule has 0 unspecified atom stereocenters. The summed E-state index contributed by atoms with van der Waals surface area (Å²) >= 11 is 0. The van der Waals surface area contributed by atoms with Gasteiger partial charge >= 0.3 is 12.2 Å². The summed E-state index contributed by atoms with van der Waals surface area (Å²) in [6.45, 7) is 10.3. The number of hydrogen-bond donors (Lipinski definition) is 6. The largest absolute Gasteiger partial charge is 0.489 e. The summed E-state index contributed by atoms with van der Waals surface area (Å²) in [4.78, 5) is 48.8. The van der Waals surface area contributed by atoms with Gasteiger partial charge < -0.3 is 14.2 Å². The molecule has 0 spiro atoms. The Balaban J connectivity index is 1.56. The van der Waals surface area contributed by atoms with Crippen molar-refractivity contribution in [1.29, 1.82) is 10.8 Å². The summed E-state index contributed by atoms with van der Waals surface area (Å²) in [5.41, 5.74) is 1.36. The molecule has 0 aliphatic carbocycles. The Kier molecular flexibility index (Phi) is 11.2. The first kappa shape index (κ1) is 34.8. The molecule has 0 heterocycles. The van der Waals surface area contributed by atoms with Crippen molar-refractivity contribution in [1.82, 2.24) is 21.3 Å². The summed E-state index contributed by atoms with van der Waals surface area (Å²) in [6.07, 6.45) is -1.70. The monoisotopic (exact) mass is 630 g/mol. The lowest BCUT2D eigenvalue weighted by Gasteiger charge is -2.19. The number of hydrogen-bond acceptors (Lipinski definition) is 9. The maximum Gasteiger partial charge on any atom is 0.414 e. The van der Waals surface area contributed by atoms with Gasteiger partial charge in [-0.3, -0.25) is 41.7 Å². The van der Waals surface area contributed by atoms with Crippen molar-refractivity contribution in [2.24, 2.45) is 0 Å². The Morgan fingerprint density at radius 3 is 1.61 bits per heavy atom. The molecule has 242 valence electrons. The minimum Gasteiger partial charge on any atom is -0.489 e. The van der Waals surface area contributed by atoms with Crippen molar-refractivity contribution >= 4 is 35.9 Å². The molecule has 13 nitrogen and oxygen atoms in total.